The smallest absolute Gasteiger partial charge is 0.303 e. The SMILES string of the molecule is C[C@H](CC(=O)O)CC(=O)c1cc2c(Cl)cn(C)c2cc1CCCCCCc1cccc(Cl)c1. The average Bonchev–Trinajstić information content (AvgIpc) is 3.02. The Morgan fingerprint density at radius 1 is 1.00 bits per heavy atom. The van der Waals surface area contributed by atoms with Crippen LogP contribution in [0.25, 0.3) is 10.9 Å². The van der Waals surface area contributed by atoms with Crippen molar-refractivity contribution < 1.29 is 14.7 Å². The third-order valence-electron chi connectivity index (χ3n) is 6.07. The Bertz CT molecular complexity index is 1140. The molecule has 6 heteroatoms. The third-order valence-corrected chi connectivity index (χ3v) is 6.61. The number of rotatable bonds is 12. The molecule has 4 nitrogen and oxygen atoms in total. The van der Waals surface area contributed by atoms with Gasteiger partial charge in [0.2, 0.25) is 0 Å². The molecule has 3 rings (SSSR count). The van der Waals surface area contributed by atoms with Gasteiger partial charge in [0.05, 0.1) is 5.02 Å². The number of aromatic nitrogens is 1. The second-order valence-corrected chi connectivity index (χ2v) is 9.83. The predicted molar refractivity (Wildman–Crippen MR) is 136 cm³/mol. The lowest BCUT2D eigenvalue weighted by Gasteiger charge is -2.13. The molecule has 3 aromatic rings. The van der Waals surface area contributed by atoms with Crippen molar-refractivity contribution in [1.82, 2.24) is 4.57 Å². The van der Waals surface area contributed by atoms with Crippen LogP contribution >= 0.6 is 23.2 Å². The molecule has 0 saturated heterocycles. The monoisotopic (exact) mass is 487 g/mol. The van der Waals surface area contributed by atoms with Crippen molar-refractivity contribution in [3.8, 4) is 0 Å². The molecule has 0 bridgehead atoms. The van der Waals surface area contributed by atoms with Crippen LogP contribution in [0.4, 0.5) is 0 Å². The van der Waals surface area contributed by atoms with Crippen molar-refractivity contribution >= 4 is 45.9 Å². The van der Waals surface area contributed by atoms with E-state index in [1.807, 2.05) is 42.1 Å². The van der Waals surface area contributed by atoms with Crippen LogP contribution in [0.2, 0.25) is 10.0 Å². The molecular weight excluding hydrogens is 457 g/mol. The molecule has 1 N–H and O–H groups in total. The summed E-state index contributed by atoms with van der Waals surface area (Å²) >= 11 is 12.4. The van der Waals surface area contributed by atoms with Gasteiger partial charge in [-0.15, -0.1) is 0 Å². The van der Waals surface area contributed by atoms with E-state index in [-0.39, 0.29) is 24.5 Å². The maximum Gasteiger partial charge on any atom is 0.303 e. The molecule has 0 spiro atoms. The first-order valence-corrected chi connectivity index (χ1v) is 12.3. The molecule has 0 aliphatic heterocycles. The highest BCUT2D eigenvalue weighted by atomic mass is 35.5. The Hall–Kier alpha value is -2.30. The minimum Gasteiger partial charge on any atom is -0.481 e. The lowest BCUT2D eigenvalue weighted by Crippen LogP contribution is -2.12. The number of fused-ring (bicyclic) bond motifs is 1. The van der Waals surface area contributed by atoms with Crippen molar-refractivity contribution in [1.29, 1.82) is 0 Å². The summed E-state index contributed by atoms with van der Waals surface area (Å²) in [6.45, 7) is 1.81. The number of ketones is 1. The molecule has 2 aromatic carbocycles. The highest BCUT2D eigenvalue weighted by Crippen LogP contribution is 2.30. The zero-order valence-electron chi connectivity index (χ0n) is 19.2. The molecule has 0 aliphatic rings. The predicted octanol–water partition coefficient (Wildman–Crippen LogP) is 7.51. The number of carbonyl (C=O) groups is 2. The molecule has 0 aliphatic carbocycles. The van der Waals surface area contributed by atoms with Gasteiger partial charge in [-0.25, -0.2) is 0 Å². The van der Waals surface area contributed by atoms with Crippen LogP contribution in [-0.4, -0.2) is 21.4 Å². The van der Waals surface area contributed by atoms with E-state index in [0.29, 0.717) is 10.6 Å². The summed E-state index contributed by atoms with van der Waals surface area (Å²) in [5.74, 6) is -1.10. The summed E-state index contributed by atoms with van der Waals surface area (Å²) in [5, 5.41) is 11.3. The van der Waals surface area contributed by atoms with Gasteiger partial charge in [0.15, 0.2) is 5.78 Å². The van der Waals surface area contributed by atoms with Gasteiger partial charge in [0, 0.05) is 47.6 Å². The molecule has 0 saturated carbocycles. The normalized spacial score (nSPS) is 12.2. The van der Waals surface area contributed by atoms with E-state index in [1.54, 1.807) is 6.92 Å². The number of carboxylic acids is 1. The molecular formula is C27H31Cl2NO3. The molecule has 176 valence electrons. The maximum absolute atomic E-state index is 13.1. The van der Waals surface area contributed by atoms with E-state index in [4.69, 9.17) is 28.3 Å². The molecule has 0 radical (unpaired) electrons. The van der Waals surface area contributed by atoms with E-state index < -0.39 is 5.97 Å². The van der Waals surface area contributed by atoms with Crippen molar-refractivity contribution in [3.05, 3.63) is 69.3 Å². The lowest BCUT2D eigenvalue weighted by atomic mass is 9.91. The zero-order chi connectivity index (χ0) is 24.0. The van der Waals surface area contributed by atoms with Gasteiger partial charge in [0.25, 0.3) is 0 Å². The zero-order valence-corrected chi connectivity index (χ0v) is 20.8. The van der Waals surface area contributed by atoms with Crippen molar-refractivity contribution in [2.24, 2.45) is 13.0 Å². The van der Waals surface area contributed by atoms with Gasteiger partial charge >= 0.3 is 5.97 Å². The Kier molecular flexibility index (Phi) is 8.99. The molecule has 1 atom stereocenters. The lowest BCUT2D eigenvalue weighted by molar-refractivity contribution is -0.137. The maximum atomic E-state index is 13.1. The third kappa shape index (κ3) is 7.09. The van der Waals surface area contributed by atoms with Crippen molar-refractivity contribution in [3.63, 3.8) is 0 Å². The number of aliphatic carboxylic acids is 1. The fourth-order valence-electron chi connectivity index (χ4n) is 4.38. The Balaban J connectivity index is 1.65. The Morgan fingerprint density at radius 3 is 2.42 bits per heavy atom. The molecule has 1 aromatic heterocycles. The number of carboxylic acid groups (broad SMARTS) is 1. The highest BCUT2D eigenvalue weighted by molar-refractivity contribution is 6.35. The van der Waals surface area contributed by atoms with E-state index in [1.165, 1.54) is 5.56 Å². The highest BCUT2D eigenvalue weighted by Gasteiger charge is 2.19. The van der Waals surface area contributed by atoms with Crippen LogP contribution in [0, 0.1) is 5.92 Å². The van der Waals surface area contributed by atoms with Gasteiger partial charge in [-0.05, 0) is 67.0 Å². The summed E-state index contributed by atoms with van der Waals surface area (Å²) in [4.78, 5) is 24.1. The van der Waals surface area contributed by atoms with E-state index in [9.17, 15) is 9.59 Å². The number of benzene rings is 2. The van der Waals surface area contributed by atoms with E-state index in [0.717, 1.165) is 60.0 Å². The fourth-order valence-corrected chi connectivity index (χ4v) is 4.89. The van der Waals surface area contributed by atoms with Crippen LogP contribution in [0.3, 0.4) is 0 Å². The summed E-state index contributed by atoms with van der Waals surface area (Å²) in [6.07, 6.45) is 8.17. The number of Topliss-reactive ketones (excluding diaryl/α,β-unsaturated/α-hetero) is 1. The van der Waals surface area contributed by atoms with Gasteiger partial charge in [-0.3, -0.25) is 9.59 Å². The number of halogens is 2. The Labute approximate surface area is 205 Å². The number of hydrogen-bond acceptors (Lipinski definition) is 2. The average molecular weight is 488 g/mol. The van der Waals surface area contributed by atoms with Gasteiger partial charge < -0.3 is 9.67 Å². The Morgan fingerprint density at radius 2 is 1.73 bits per heavy atom. The van der Waals surface area contributed by atoms with Gasteiger partial charge in [-0.1, -0.05) is 55.1 Å². The van der Waals surface area contributed by atoms with Crippen LogP contribution in [-0.2, 0) is 24.7 Å². The summed E-state index contributed by atoms with van der Waals surface area (Å²) in [5.41, 5.74) is 3.96. The first kappa shape index (κ1) is 25.3. The van der Waals surface area contributed by atoms with E-state index in [2.05, 4.69) is 12.1 Å². The van der Waals surface area contributed by atoms with Gasteiger partial charge in [-0.2, -0.15) is 0 Å². The van der Waals surface area contributed by atoms with Crippen LogP contribution in [0.1, 0.15) is 66.9 Å². The topological polar surface area (TPSA) is 59.3 Å². The van der Waals surface area contributed by atoms with Gasteiger partial charge in [0.1, 0.15) is 0 Å². The number of aryl methyl sites for hydroxylation is 3. The number of unbranched alkanes of at least 4 members (excludes halogenated alkanes) is 3. The largest absolute Gasteiger partial charge is 0.481 e. The van der Waals surface area contributed by atoms with E-state index >= 15 is 0 Å². The second-order valence-electron chi connectivity index (χ2n) is 8.99. The van der Waals surface area contributed by atoms with Crippen molar-refractivity contribution in [2.45, 2.75) is 58.3 Å². The number of hydrogen-bond donors (Lipinski definition) is 1. The quantitative estimate of drug-likeness (QED) is 0.212. The molecule has 0 fully saturated rings. The van der Waals surface area contributed by atoms with Crippen molar-refractivity contribution in [2.75, 3.05) is 0 Å². The molecule has 33 heavy (non-hydrogen) atoms. The first-order valence-electron chi connectivity index (χ1n) is 11.5. The number of carbonyl (C=O) groups excluding carboxylic acids is 1. The molecule has 1 heterocycles. The number of nitrogens with zero attached hydrogens (tertiary/aromatic N) is 1. The van der Waals surface area contributed by atoms with Crippen LogP contribution < -0.4 is 0 Å². The standard InChI is InChI=1S/C27H31Cl2NO3/c1-18(13-27(32)33)12-26(31)22-16-23-24(29)17-30(2)25(23)15-20(22)10-6-4-3-5-8-19-9-7-11-21(28)14-19/h7,9,11,14-18H,3-6,8,10,12-13H2,1-2H3,(H,32,33)/t18-/m0/s1. The summed E-state index contributed by atoms with van der Waals surface area (Å²) in [7, 11) is 1.95. The molecule has 0 unspecified atom stereocenters. The summed E-state index contributed by atoms with van der Waals surface area (Å²) < 4.78 is 1.98. The second kappa shape index (κ2) is 11.7. The van der Waals surface area contributed by atoms with Crippen LogP contribution in [0.5, 0.6) is 0 Å². The summed E-state index contributed by atoms with van der Waals surface area (Å²) in [6, 6.07) is 12.0. The first-order chi connectivity index (χ1) is 15.7. The molecule has 0 amide bonds. The fraction of sp³-hybridized carbons (Fsp3) is 0.407. The van der Waals surface area contributed by atoms with Crippen LogP contribution in [0.15, 0.2) is 42.6 Å². The minimum atomic E-state index is -0.880. The minimum absolute atomic E-state index is 0.0119.